The van der Waals surface area contributed by atoms with Crippen LogP contribution in [0.2, 0.25) is 0 Å². The molecule has 2 N–H and O–H groups in total. The van der Waals surface area contributed by atoms with Crippen LogP contribution in [0, 0.1) is 6.92 Å². The van der Waals surface area contributed by atoms with Crippen LogP contribution in [-0.4, -0.2) is 22.6 Å². The predicted molar refractivity (Wildman–Crippen MR) is 96.3 cm³/mol. The third-order valence-corrected chi connectivity index (χ3v) is 3.89. The number of amides is 1. The zero-order valence-electron chi connectivity index (χ0n) is 14.1. The molecule has 0 radical (unpaired) electrons. The minimum atomic E-state index is -0.377. The number of methoxy groups -OCH3 is 1. The number of carbonyl (C=O) groups excluding carboxylic acids is 1. The molecule has 0 bridgehead atoms. The molecule has 1 heterocycles. The summed E-state index contributed by atoms with van der Waals surface area (Å²) in [7, 11) is 1.54. The Bertz CT molecular complexity index is 942. The van der Waals surface area contributed by atoms with Crippen LogP contribution in [0.3, 0.4) is 0 Å². The first kappa shape index (κ1) is 16.6. The molecule has 1 amide bonds. The quantitative estimate of drug-likeness (QED) is 0.752. The fraction of sp³-hybridized carbons (Fsp3) is 0.158. The van der Waals surface area contributed by atoms with Crippen molar-refractivity contribution in [2.45, 2.75) is 13.5 Å². The van der Waals surface area contributed by atoms with Crippen molar-refractivity contribution < 1.29 is 9.53 Å². The number of benzene rings is 2. The molecule has 25 heavy (non-hydrogen) atoms. The van der Waals surface area contributed by atoms with Gasteiger partial charge < -0.3 is 15.0 Å². The van der Waals surface area contributed by atoms with Gasteiger partial charge in [-0.05, 0) is 30.2 Å². The Morgan fingerprint density at radius 2 is 1.96 bits per heavy atom. The number of anilines is 1. The highest BCUT2D eigenvalue weighted by molar-refractivity contribution is 6.03. The van der Waals surface area contributed by atoms with E-state index in [-0.39, 0.29) is 17.3 Å². The zero-order chi connectivity index (χ0) is 17.8. The molecule has 0 fully saturated rings. The molecule has 0 aliphatic rings. The molecular formula is C19H19N3O3. The first-order valence-electron chi connectivity index (χ1n) is 7.86. The SMILES string of the molecule is COc1ccc(C)cc1NC(=O)c1c[nH]c(=O)n1Cc1ccccc1. The van der Waals surface area contributed by atoms with Crippen LogP contribution in [0.4, 0.5) is 5.69 Å². The first-order chi connectivity index (χ1) is 12.1. The minimum absolute atomic E-state index is 0.261. The lowest BCUT2D eigenvalue weighted by Crippen LogP contribution is -2.24. The largest absolute Gasteiger partial charge is 0.495 e. The number of ether oxygens (including phenoxy) is 1. The molecule has 3 rings (SSSR count). The Balaban J connectivity index is 1.89. The highest BCUT2D eigenvalue weighted by atomic mass is 16.5. The van der Waals surface area contributed by atoms with Crippen LogP contribution in [-0.2, 0) is 6.54 Å². The Labute approximate surface area is 145 Å². The molecule has 1 aromatic heterocycles. The lowest BCUT2D eigenvalue weighted by Gasteiger charge is -2.12. The molecule has 6 heteroatoms. The molecule has 128 valence electrons. The average Bonchev–Trinajstić information content (AvgIpc) is 2.97. The summed E-state index contributed by atoms with van der Waals surface area (Å²) in [6.07, 6.45) is 1.42. The monoisotopic (exact) mass is 337 g/mol. The summed E-state index contributed by atoms with van der Waals surface area (Å²) < 4.78 is 6.69. The number of aryl methyl sites for hydroxylation is 1. The van der Waals surface area contributed by atoms with E-state index in [1.54, 1.807) is 13.2 Å². The number of hydrogen-bond acceptors (Lipinski definition) is 3. The van der Waals surface area contributed by atoms with Gasteiger partial charge in [-0.25, -0.2) is 4.79 Å². The topological polar surface area (TPSA) is 76.1 Å². The molecule has 0 aliphatic heterocycles. The van der Waals surface area contributed by atoms with E-state index in [1.165, 1.54) is 10.8 Å². The van der Waals surface area contributed by atoms with Crippen LogP contribution < -0.4 is 15.7 Å². The van der Waals surface area contributed by atoms with Crippen molar-refractivity contribution in [1.29, 1.82) is 0 Å². The molecular weight excluding hydrogens is 318 g/mol. The molecule has 2 aromatic carbocycles. The third kappa shape index (κ3) is 3.63. The van der Waals surface area contributed by atoms with Gasteiger partial charge in [0.2, 0.25) is 0 Å². The van der Waals surface area contributed by atoms with Gasteiger partial charge in [-0.2, -0.15) is 0 Å². The number of hydrogen-bond donors (Lipinski definition) is 2. The highest BCUT2D eigenvalue weighted by Crippen LogP contribution is 2.25. The molecule has 0 saturated heterocycles. The van der Waals surface area contributed by atoms with E-state index in [0.717, 1.165) is 11.1 Å². The van der Waals surface area contributed by atoms with Crippen molar-refractivity contribution in [1.82, 2.24) is 9.55 Å². The number of rotatable bonds is 5. The summed E-state index contributed by atoms with van der Waals surface area (Å²) in [4.78, 5) is 27.3. The number of nitrogens with zero attached hydrogens (tertiary/aromatic N) is 1. The van der Waals surface area contributed by atoms with Crippen LogP contribution >= 0.6 is 0 Å². The number of imidazole rings is 1. The maximum atomic E-state index is 12.7. The molecule has 0 saturated carbocycles. The smallest absolute Gasteiger partial charge is 0.326 e. The Morgan fingerprint density at radius 3 is 2.68 bits per heavy atom. The maximum Gasteiger partial charge on any atom is 0.326 e. The molecule has 0 unspecified atom stereocenters. The van der Waals surface area contributed by atoms with Gasteiger partial charge in [-0.1, -0.05) is 36.4 Å². The molecule has 0 spiro atoms. The molecule has 6 nitrogen and oxygen atoms in total. The highest BCUT2D eigenvalue weighted by Gasteiger charge is 2.16. The number of aromatic nitrogens is 2. The standard InChI is InChI=1S/C19H19N3O3/c1-13-8-9-17(25-2)15(10-13)21-18(23)16-11-20-19(24)22(16)12-14-6-4-3-5-7-14/h3-11H,12H2,1-2H3,(H,20,24)(H,21,23). The van der Waals surface area contributed by atoms with Gasteiger partial charge in [0.25, 0.3) is 5.91 Å². The van der Waals surface area contributed by atoms with Crippen molar-refractivity contribution in [3.8, 4) is 5.75 Å². The van der Waals surface area contributed by atoms with E-state index < -0.39 is 0 Å². The summed E-state index contributed by atoms with van der Waals surface area (Å²) in [6, 6.07) is 15.0. The first-order valence-corrected chi connectivity index (χ1v) is 7.86. The summed E-state index contributed by atoms with van der Waals surface area (Å²) in [6.45, 7) is 2.24. The maximum absolute atomic E-state index is 12.7. The second kappa shape index (κ2) is 7.09. The summed E-state index contributed by atoms with van der Waals surface area (Å²) >= 11 is 0. The second-order valence-corrected chi connectivity index (χ2v) is 5.71. The summed E-state index contributed by atoms with van der Waals surface area (Å²) in [5.41, 5.74) is 2.42. The van der Waals surface area contributed by atoms with Gasteiger partial charge in [-0.3, -0.25) is 9.36 Å². The Hall–Kier alpha value is -3.28. The van der Waals surface area contributed by atoms with Crippen molar-refractivity contribution in [3.63, 3.8) is 0 Å². The number of carbonyl (C=O) groups is 1. The van der Waals surface area contributed by atoms with Gasteiger partial charge in [0, 0.05) is 6.20 Å². The summed E-state index contributed by atoms with van der Waals surface area (Å²) in [5, 5.41) is 2.81. The van der Waals surface area contributed by atoms with Crippen molar-refractivity contribution in [2.75, 3.05) is 12.4 Å². The summed E-state index contributed by atoms with van der Waals surface area (Å²) in [5.74, 6) is 0.185. The van der Waals surface area contributed by atoms with Gasteiger partial charge in [0.15, 0.2) is 0 Å². The van der Waals surface area contributed by atoms with Crippen LogP contribution in [0.15, 0.2) is 59.5 Å². The average molecular weight is 337 g/mol. The lowest BCUT2D eigenvalue weighted by molar-refractivity contribution is 0.101. The van der Waals surface area contributed by atoms with Gasteiger partial charge in [-0.15, -0.1) is 0 Å². The molecule has 0 atom stereocenters. The second-order valence-electron chi connectivity index (χ2n) is 5.71. The van der Waals surface area contributed by atoms with E-state index in [0.29, 0.717) is 18.0 Å². The van der Waals surface area contributed by atoms with Crippen LogP contribution in [0.5, 0.6) is 5.75 Å². The van der Waals surface area contributed by atoms with E-state index in [1.807, 2.05) is 49.4 Å². The van der Waals surface area contributed by atoms with E-state index in [2.05, 4.69) is 10.3 Å². The molecule has 0 aliphatic carbocycles. The molecule has 3 aromatic rings. The zero-order valence-corrected chi connectivity index (χ0v) is 14.1. The van der Waals surface area contributed by atoms with E-state index >= 15 is 0 Å². The Kier molecular flexibility index (Phi) is 4.70. The fourth-order valence-electron chi connectivity index (χ4n) is 2.61. The third-order valence-electron chi connectivity index (χ3n) is 3.89. The van der Waals surface area contributed by atoms with Gasteiger partial charge >= 0.3 is 5.69 Å². The number of H-pyrrole nitrogens is 1. The van der Waals surface area contributed by atoms with E-state index in [4.69, 9.17) is 4.74 Å². The van der Waals surface area contributed by atoms with Crippen LogP contribution in [0.1, 0.15) is 21.6 Å². The normalized spacial score (nSPS) is 10.5. The fourth-order valence-corrected chi connectivity index (χ4v) is 2.61. The van der Waals surface area contributed by atoms with Gasteiger partial charge in [0.05, 0.1) is 19.3 Å². The van der Waals surface area contributed by atoms with Crippen LogP contribution in [0.25, 0.3) is 0 Å². The van der Waals surface area contributed by atoms with Crippen molar-refractivity contribution in [3.05, 3.63) is 82.0 Å². The van der Waals surface area contributed by atoms with Gasteiger partial charge in [0.1, 0.15) is 11.4 Å². The number of aromatic amines is 1. The number of nitrogens with one attached hydrogen (secondary N) is 2. The predicted octanol–water partition coefficient (Wildman–Crippen LogP) is 2.79. The lowest BCUT2D eigenvalue weighted by atomic mass is 10.2. The van der Waals surface area contributed by atoms with E-state index in [9.17, 15) is 9.59 Å². The van der Waals surface area contributed by atoms with Crippen molar-refractivity contribution >= 4 is 11.6 Å². The van der Waals surface area contributed by atoms with Crippen molar-refractivity contribution in [2.24, 2.45) is 0 Å². The minimum Gasteiger partial charge on any atom is -0.495 e. The Morgan fingerprint density at radius 1 is 1.20 bits per heavy atom.